The van der Waals surface area contributed by atoms with Gasteiger partial charge in [-0.1, -0.05) is 50.1 Å². The third-order valence-electron chi connectivity index (χ3n) is 3.29. The second-order valence-electron chi connectivity index (χ2n) is 5.10. The number of unbranched alkanes of at least 4 members (excludes halogenated alkanes) is 2. The summed E-state index contributed by atoms with van der Waals surface area (Å²) < 4.78 is 5.25. The molecule has 5 heteroatoms. The van der Waals surface area contributed by atoms with E-state index in [4.69, 9.17) is 4.74 Å². The lowest BCUT2D eigenvalue weighted by Gasteiger charge is -2.26. The molecule has 0 aliphatic carbocycles. The highest BCUT2D eigenvalue weighted by Gasteiger charge is 2.36. The number of amides is 1. The molecule has 21 heavy (non-hydrogen) atoms. The van der Waals surface area contributed by atoms with Crippen molar-refractivity contribution in [3.63, 3.8) is 0 Å². The Labute approximate surface area is 125 Å². The van der Waals surface area contributed by atoms with Gasteiger partial charge in [0, 0.05) is 6.61 Å². The Morgan fingerprint density at radius 3 is 2.48 bits per heavy atom. The number of hydrogen-bond donors (Lipinski definition) is 2. The quantitative estimate of drug-likeness (QED) is 0.685. The zero-order chi connectivity index (χ0) is 15.7. The van der Waals surface area contributed by atoms with Crippen LogP contribution in [0.5, 0.6) is 0 Å². The van der Waals surface area contributed by atoms with Crippen molar-refractivity contribution in [2.45, 2.75) is 38.6 Å². The maximum Gasteiger partial charge on any atom is 0.333 e. The number of ether oxygens (including phenoxy) is 1. The van der Waals surface area contributed by atoms with Crippen molar-refractivity contribution in [3.8, 4) is 0 Å². The molecule has 1 atom stereocenters. The summed E-state index contributed by atoms with van der Waals surface area (Å²) >= 11 is 0. The Morgan fingerprint density at radius 2 is 1.90 bits per heavy atom. The van der Waals surface area contributed by atoms with Gasteiger partial charge in [-0.25, -0.2) is 4.79 Å². The molecule has 0 aromatic heterocycles. The van der Waals surface area contributed by atoms with Gasteiger partial charge in [0.25, 0.3) is 0 Å². The van der Waals surface area contributed by atoms with Crippen molar-refractivity contribution in [2.24, 2.45) is 0 Å². The van der Waals surface area contributed by atoms with E-state index in [0.29, 0.717) is 12.2 Å². The van der Waals surface area contributed by atoms with Crippen LogP contribution in [0, 0.1) is 0 Å². The van der Waals surface area contributed by atoms with Gasteiger partial charge in [-0.05, 0) is 18.9 Å². The fourth-order valence-corrected chi connectivity index (χ4v) is 1.95. The average Bonchev–Trinajstić information content (AvgIpc) is 2.47. The number of nitrogens with one attached hydrogen (secondary N) is 1. The predicted octanol–water partition coefficient (Wildman–Crippen LogP) is 2.31. The molecule has 116 valence electrons. The molecule has 0 aliphatic heterocycles. The molecule has 1 unspecified atom stereocenters. The molecule has 5 nitrogen and oxygen atoms in total. The van der Waals surface area contributed by atoms with Crippen LogP contribution in [0.3, 0.4) is 0 Å². The van der Waals surface area contributed by atoms with Crippen LogP contribution >= 0.6 is 0 Å². The van der Waals surface area contributed by atoms with Crippen LogP contribution in [-0.2, 0) is 19.9 Å². The van der Waals surface area contributed by atoms with Gasteiger partial charge in [0.1, 0.15) is 6.61 Å². The van der Waals surface area contributed by atoms with Gasteiger partial charge in [0.2, 0.25) is 5.91 Å². The summed E-state index contributed by atoms with van der Waals surface area (Å²) in [5.74, 6) is -1.53. The third-order valence-corrected chi connectivity index (χ3v) is 3.29. The maximum absolute atomic E-state index is 11.9. The minimum absolute atomic E-state index is 0.126. The number of carbonyl (C=O) groups is 2. The fourth-order valence-electron chi connectivity index (χ4n) is 1.95. The molecule has 0 aliphatic rings. The highest BCUT2D eigenvalue weighted by molar-refractivity contribution is 5.88. The highest BCUT2D eigenvalue weighted by atomic mass is 16.5. The van der Waals surface area contributed by atoms with E-state index in [2.05, 4.69) is 12.2 Å². The molecule has 0 spiro atoms. The number of carboxylic acids is 1. The van der Waals surface area contributed by atoms with Gasteiger partial charge >= 0.3 is 5.97 Å². The molecule has 1 aromatic carbocycles. The first-order valence-corrected chi connectivity index (χ1v) is 7.18. The van der Waals surface area contributed by atoms with Crippen LogP contribution in [0.25, 0.3) is 0 Å². The Kier molecular flexibility index (Phi) is 6.88. The highest BCUT2D eigenvalue weighted by Crippen LogP contribution is 2.20. The summed E-state index contributed by atoms with van der Waals surface area (Å²) in [6.45, 7) is 3.94. The summed E-state index contributed by atoms with van der Waals surface area (Å²) in [5.41, 5.74) is -0.928. The van der Waals surface area contributed by atoms with Crippen molar-refractivity contribution < 1.29 is 19.4 Å². The molecular formula is C16H23NO4. The van der Waals surface area contributed by atoms with Crippen LogP contribution in [0.1, 0.15) is 38.7 Å². The van der Waals surface area contributed by atoms with Crippen molar-refractivity contribution in [2.75, 3.05) is 13.2 Å². The largest absolute Gasteiger partial charge is 0.479 e. The number of rotatable bonds is 9. The number of carbonyl (C=O) groups excluding carboxylic acids is 1. The number of hydrogen-bond acceptors (Lipinski definition) is 3. The third kappa shape index (κ3) is 5.19. The van der Waals surface area contributed by atoms with Crippen LogP contribution < -0.4 is 5.32 Å². The lowest BCUT2D eigenvalue weighted by Crippen LogP contribution is -2.50. The Balaban J connectivity index is 2.59. The molecule has 0 heterocycles. The zero-order valence-electron chi connectivity index (χ0n) is 12.6. The van der Waals surface area contributed by atoms with Gasteiger partial charge in [-0.15, -0.1) is 0 Å². The molecule has 0 radical (unpaired) electrons. The molecule has 1 amide bonds. The second-order valence-corrected chi connectivity index (χ2v) is 5.10. The first-order chi connectivity index (χ1) is 10.0. The van der Waals surface area contributed by atoms with Gasteiger partial charge in [-0.3, -0.25) is 4.79 Å². The number of benzene rings is 1. The Morgan fingerprint density at radius 1 is 1.24 bits per heavy atom. The summed E-state index contributed by atoms with van der Waals surface area (Å²) in [4.78, 5) is 23.4. The van der Waals surface area contributed by atoms with Crippen LogP contribution in [0.2, 0.25) is 0 Å². The summed E-state index contributed by atoms with van der Waals surface area (Å²) in [6.07, 6.45) is 3.04. The van der Waals surface area contributed by atoms with Gasteiger partial charge in [-0.2, -0.15) is 0 Å². The number of aliphatic carboxylic acids is 1. The average molecular weight is 293 g/mol. The van der Waals surface area contributed by atoms with Crippen molar-refractivity contribution in [3.05, 3.63) is 35.9 Å². The fraction of sp³-hybridized carbons (Fsp3) is 0.500. The van der Waals surface area contributed by atoms with Gasteiger partial charge in [0.05, 0.1) is 0 Å². The summed E-state index contributed by atoms with van der Waals surface area (Å²) in [5, 5.41) is 12.0. The first kappa shape index (κ1) is 17.2. The lowest BCUT2D eigenvalue weighted by atomic mass is 9.92. The molecule has 2 N–H and O–H groups in total. The maximum atomic E-state index is 11.9. The lowest BCUT2D eigenvalue weighted by molar-refractivity contribution is -0.148. The minimum atomic E-state index is -1.45. The summed E-state index contributed by atoms with van der Waals surface area (Å²) in [6, 6.07) is 8.63. The van der Waals surface area contributed by atoms with Crippen LogP contribution in [0.15, 0.2) is 30.3 Å². The molecule has 1 aromatic rings. The van der Waals surface area contributed by atoms with Crippen LogP contribution in [0.4, 0.5) is 0 Å². The van der Waals surface area contributed by atoms with E-state index in [9.17, 15) is 14.7 Å². The molecule has 0 bridgehead atoms. The SMILES string of the molecule is CCCCCOCC(=O)NC(C)(C(=O)O)c1ccccc1. The zero-order valence-corrected chi connectivity index (χ0v) is 12.6. The van der Waals surface area contributed by atoms with E-state index in [-0.39, 0.29) is 6.61 Å². The summed E-state index contributed by atoms with van der Waals surface area (Å²) in [7, 11) is 0. The molecule has 0 saturated carbocycles. The van der Waals surface area contributed by atoms with E-state index in [0.717, 1.165) is 19.3 Å². The predicted molar refractivity (Wildman–Crippen MR) is 79.9 cm³/mol. The molecule has 0 fully saturated rings. The van der Waals surface area contributed by atoms with E-state index >= 15 is 0 Å². The first-order valence-electron chi connectivity index (χ1n) is 7.18. The van der Waals surface area contributed by atoms with Gasteiger partial charge < -0.3 is 15.2 Å². The van der Waals surface area contributed by atoms with Crippen molar-refractivity contribution in [1.29, 1.82) is 0 Å². The monoisotopic (exact) mass is 293 g/mol. The topological polar surface area (TPSA) is 75.6 Å². The van der Waals surface area contributed by atoms with Gasteiger partial charge in [0.15, 0.2) is 5.54 Å². The normalized spacial score (nSPS) is 13.4. The van der Waals surface area contributed by atoms with Crippen LogP contribution in [-0.4, -0.2) is 30.2 Å². The van der Waals surface area contributed by atoms with E-state index in [1.54, 1.807) is 30.3 Å². The Bertz CT molecular complexity index is 461. The van der Waals surface area contributed by atoms with E-state index in [1.165, 1.54) is 6.92 Å². The number of carboxylic acid groups (broad SMARTS) is 1. The minimum Gasteiger partial charge on any atom is -0.479 e. The second kappa shape index (κ2) is 8.42. The smallest absolute Gasteiger partial charge is 0.333 e. The van der Waals surface area contributed by atoms with Crippen molar-refractivity contribution in [1.82, 2.24) is 5.32 Å². The standard InChI is InChI=1S/C16H23NO4/c1-3-4-8-11-21-12-14(18)17-16(2,15(19)20)13-9-6-5-7-10-13/h5-7,9-10H,3-4,8,11-12H2,1-2H3,(H,17,18)(H,19,20). The van der Waals surface area contributed by atoms with E-state index in [1.807, 2.05) is 0 Å². The Hall–Kier alpha value is -1.88. The van der Waals surface area contributed by atoms with E-state index < -0.39 is 17.4 Å². The molecule has 0 saturated heterocycles. The van der Waals surface area contributed by atoms with Crippen molar-refractivity contribution >= 4 is 11.9 Å². The molecular weight excluding hydrogens is 270 g/mol. The molecule has 1 rings (SSSR count).